The van der Waals surface area contributed by atoms with Gasteiger partial charge in [0.05, 0.1) is 25.4 Å². The predicted octanol–water partition coefficient (Wildman–Crippen LogP) is -1.11. The van der Waals surface area contributed by atoms with Crippen LogP contribution in [0.15, 0.2) is 12.2 Å². The van der Waals surface area contributed by atoms with Crippen LogP contribution in [-0.2, 0) is 23.7 Å². The first kappa shape index (κ1) is 16.3. The summed E-state index contributed by atoms with van der Waals surface area (Å²) in [5.41, 5.74) is -1.39. The number of rotatable bonds is 8. The number of aliphatic hydroxyl groups is 3. The third-order valence-corrected chi connectivity index (χ3v) is 3.88. The topological polar surface area (TPSA) is 115 Å². The fourth-order valence-electron chi connectivity index (χ4n) is 2.47. The van der Waals surface area contributed by atoms with Gasteiger partial charge in [0, 0.05) is 6.61 Å². The molecule has 0 unspecified atom stereocenters. The summed E-state index contributed by atoms with van der Waals surface area (Å²) in [4.78, 5) is 11.7. The molecule has 8 heteroatoms. The minimum Gasteiger partial charge on any atom is -0.462 e. The molecule has 2 bridgehead atoms. The van der Waals surface area contributed by atoms with Gasteiger partial charge in [-0.1, -0.05) is 6.58 Å². The summed E-state index contributed by atoms with van der Waals surface area (Å²) in [6.45, 7) is 3.98. The highest BCUT2D eigenvalue weighted by Gasteiger charge is 2.76. The van der Waals surface area contributed by atoms with Crippen molar-refractivity contribution in [3.05, 3.63) is 12.2 Å². The minimum absolute atomic E-state index is 0.00195. The van der Waals surface area contributed by atoms with Crippen molar-refractivity contribution < 1.29 is 39.1 Å². The van der Waals surface area contributed by atoms with Gasteiger partial charge < -0.3 is 24.8 Å². The van der Waals surface area contributed by atoms with Crippen molar-refractivity contribution in [2.24, 2.45) is 5.41 Å². The quantitative estimate of drug-likeness (QED) is 0.382. The van der Waals surface area contributed by atoms with E-state index in [1.54, 1.807) is 6.92 Å². The van der Waals surface area contributed by atoms with Crippen LogP contribution in [0.4, 0.5) is 0 Å². The molecule has 0 radical (unpaired) electrons. The van der Waals surface area contributed by atoms with Crippen molar-refractivity contribution >= 4 is 5.97 Å². The third-order valence-electron chi connectivity index (χ3n) is 3.88. The van der Waals surface area contributed by atoms with E-state index in [4.69, 9.17) is 24.1 Å². The Morgan fingerprint density at radius 2 is 1.95 bits per heavy atom. The molecule has 3 aliphatic heterocycles. The number of esters is 1. The summed E-state index contributed by atoms with van der Waals surface area (Å²) in [6, 6.07) is 0. The summed E-state index contributed by atoms with van der Waals surface area (Å²) in [5.74, 6) is -3.83. The van der Waals surface area contributed by atoms with E-state index in [2.05, 4.69) is 6.58 Å². The van der Waals surface area contributed by atoms with Gasteiger partial charge in [0.15, 0.2) is 0 Å². The second-order valence-electron chi connectivity index (χ2n) is 5.07. The van der Waals surface area contributed by atoms with Crippen LogP contribution < -0.4 is 0 Å². The van der Waals surface area contributed by atoms with Gasteiger partial charge in [-0.25, -0.2) is 4.79 Å². The summed E-state index contributed by atoms with van der Waals surface area (Å²) < 4.78 is 21.4. The second-order valence-corrected chi connectivity index (χ2v) is 5.07. The van der Waals surface area contributed by atoms with Crippen molar-refractivity contribution in [3.63, 3.8) is 0 Å². The van der Waals surface area contributed by atoms with Gasteiger partial charge in [0.2, 0.25) is 5.79 Å². The number of carbonyl (C=O) groups is 1. The maximum Gasteiger partial charge on any atom is 0.338 e. The first-order valence-electron chi connectivity index (χ1n) is 6.68. The number of aliphatic hydroxyl groups excluding tert-OH is 3. The van der Waals surface area contributed by atoms with E-state index < -0.39 is 36.4 Å². The first-order chi connectivity index (χ1) is 9.95. The van der Waals surface area contributed by atoms with Crippen LogP contribution in [0.2, 0.25) is 0 Å². The minimum atomic E-state index is -1.70. The van der Waals surface area contributed by atoms with Gasteiger partial charge in [-0.05, 0) is 13.3 Å². The number of ether oxygens (including phenoxy) is 4. The zero-order chi connectivity index (χ0) is 15.7. The standard InChI is InChI=1S/C13H20O8/c1-3-18-10(17)9(2)12-8-19-13(20-12,21-12)11(6-15,7-16)4-5-14/h14-16H,2-8H2,1H3. The van der Waals surface area contributed by atoms with Gasteiger partial charge >= 0.3 is 5.97 Å². The molecule has 0 atom stereocenters. The number of hydrogen-bond donors (Lipinski definition) is 3. The SMILES string of the molecule is C=C(C(=O)OCC)C12COC(C(CO)(CO)CCO)(O1)O2. The smallest absolute Gasteiger partial charge is 0.338 e. The molecular weight excluding hydrogens is 284 g/mol. The Labute approximate surface area is 121 Å². The molecule has 0 spiro atoms. The average Bonchev–Trinajstić information content (AvgIpc) is 3.02. The highest BCUT2D eigenvalue weighted by Crippen LogP contribution is 2.59. The lowest BCUT2D eigenvalue weighted by molar-refractivity contribution is -0.535. The first-order valence-corrected chi connectivity index (χ1v) is 6.68. The summed E-state index contributed by atoms with van der Waals surface area (Å²) in [7, 11) is 0. The number of hydrogen-bond acceptors (Lipinski definition) is 8. The maximum atomic E-state index is 11.7. The van der Waals surface area contributed by atoms with Crippen molar-refractivity contribution in [1.29, 1.82) is 0 Å². The fourth-order valence-corrected chi connectivity index (χ4v) is 2.47. The molecule has 0 aromatic carbocycles. The largest absolute Gasteiger partial charge is 0.462 e. The van der Waals surface area contributed by atoms with E-state index in [0.717, 1.165) is 0 Å². The number of fused-ring (bicyclic) bond motifs is 1. The van der Waals surface area contributed by atoms with E-state index in [1.165, 1.54) is 0 Å². The van der Waals surface area contributed by atoms with E-state index >= 15 is 0 Å². The Hall–Kier alpha value is -1.03. The summed E-state index contributed by atoms with van der Waals surface area (Å²) in [5, 5.41) is 28.2. The molecule has 0 aromatic heterocycles. The van der Waals surface area contributed by atoms with E-state index in [1.807, 2.05) is 0 Å². The summed E-state index contributed by atoms with van der Waals surface area (Å²) >= 11 is 0. The Bertz CT molecular complexity index is 422. The Kier molecular flexibility index (Phi) is 4.39. The molecule has 0 aromatic rings. The monoisotopic (exact) mass is 304 g/mol. The maximum absolute atomic E-state index is 11.7. The van der Waals surface area contributed by atoms with Crippen molar-refractivity contribution in [2.75, 3.05) is 33.0 Å². The third kappa shape index (κ3) is 2.19. The van der Waals surface area contributed by atoms with Gasteiger partial charge in [0.25, 0.3) is 5.97 Å². The lowest BCUT2D eigenvalue weighted by Crippen LogP contribution is -2.67. The summed E-state index contributed by atoms with van der Waals surface area (Å²) in [6.07, 6.45) is 0.00195. The zero-order valence-corrected chi connectivity index (χ0v) is 11.8. The van der Waals surface area contributed by atoms with Crippen LogP contribution in [0.25, 0.3) is 0 Å². The normalized spacial score (nSPS) is 30.9. The molecule has 3 aliphatic rings. The van der Waals surface area contributed by atoms with Crippen molar-refractivity contribution in [1.82, 2.24) is 0 Å². The van der Waals surface area contributed by atoms with Crippen LogP contribution in [0.3, 0.4) is 0 Å². The van der Waals surface area contributed by atoms with Crippen molar-refractivity contribution in [3.8, 4) is 0 Å². The van der Waals surface area contributed by atoms with Crippen molar-refractivity contribution in [2.45, 2.75) is 25.1 Å². The molecule has 3 saturated heterocycles. The van der Waals surface area contributed by atoms with Crippen LogP contribution in [0.1, 0.15) is 13.3 Å². The Morgan fingerprint density at radius 1 is 1.33 bits per heavy atom. The van der Waals surface area contributed by atoms with E-state index in [9.17, 15) is 15.0 Å². The molecule has 0 saturated carbocycles. The Morgan fingerprint density at radius 3 is 2.43 bits per heavy atom. The number of carbonyl (C=O) groups excluding carboxylic acids is 1. The molecule has 21 heavy (non-hydrogen) atoms. The van der Waals surface area contributed by atoms with Crippen LogP contribution in [-0.4, -0.2) is 66.1 Å². The van der Waals surface area contributed by atoms with E-state index in [0.29, 0.717) is 0 Å². The molecule has 3 heterocycles. The molecule has 0 amide bonds. The molecule has 120 valence electrons. The molecule has 3 N–H and O–H groups in total. The fraction of sp³-hybridized carbons (Fsp3) is 0.769. The highest BCUT2D eigenvalue weighted by atomic mass is 17.1. The van der Waals surface area contributed by atoms with Gasteiger partial charge in [0.1, 0.15) is 12.0 Å². The molecule has 8 nitrogen and oxygen atoms in total. The van der Waals surface area contributed by atoms with Crippen LogP contribution in [0.5, 0.6) is 0 Å². The lowest BCUT2D eigenvalue weighted by Gasteiger charge is -2.52. The Balaban J connectivity index is 2.15. The molecule has 3 fully saturated rings. The van der Waals surface area contributed by atoms with Gasteiger partial charge in [-0.15, -0.1) is 0 Å². The highest BCUT2D eigenvalue weighted by molar-refractivity contribution is 5.90. The molecule has 3 rings (SSSR count). The van der Waals surface area contributed by atoms with E-state index in [-0.39, 0.29) is 31.8 Å². The van der Waals surface area contributed by atoms with Crippen LogP contribution >= 0.6 is 0 Å². The zero-order valence-electron chi connectivity index (χ0n) is 11.8. The molecular formula is C13H20O8. The molecule has 0 aliphatic carbocycles. The van der Waals surface area contributed by atoms with Crippen LogP contribution in [0, 0.1) is 5.41 Å². The lowest BCUT2D eigenvalue weighted by atomic mass is 9.82. The second kappa shape index (κ2) is 5.64. The van der Waals surface area contributed by atoms with Gasteiger partial charge in [-0.2, -0.15) is 0 Å². The predicted molar refractivity (Wildman–Crippen MR) is 67.7 cm³/mol. The average molecular weight is 304 g/mol. The van der Waals surface area contributed by atoms with Gasteiger partial charge in [-0.3, -0.25) is 9.47 Å².